The molecule has 0 radical (unpaired) electrons. The number of carbonyl (C=O) groups excluding carboxylic acids is 1. The van der Waals surface area contributed by atoms with E-state index in [4.69, 9.17) is 0 Å². The van der Waals surface area contributed by atoms with Crippen molar-refractivity contribution >= 4 is 11.6 Å². The molecule has 0 aliphatic rings. The lowest BCUT2D eigenvalue weighted by atomic mass is 9.86. The van der Waals surface area contributed by atoms with Crippen LogP contribution in [0.3, 0.4) is 0 Å². The molecule has 4 aromatic rings. The van der Waals surface area contributed by atoms with Gasteiger partial charge in [0.2, 0.25) is 5.95 Å². The smallest absolute Gasteiger partial charge is 0.251 e. The lowest BCUT2D eigenvalue weighted by molar-refractivity contribution is 0.0950. The molecule has 4 rings (SSSR count). The topological polar surface area (TPSA) is 59.3 Å². The summed E-state index contributed by atoms with van der Waals surface area (Å²) >= 11 is 0. The van der Waals surface area contributed by atoms with Crippen LogP contribution in [0, 0.1) is 5.95 Å². The number of halogens is 1. The normalized spacial score (nSPS) is 11.6. The van der Waals surface area contributed by atoms with Crippen molar-refractivity contribution in [3.8, 4) is 11.3 Å². The Balaban J connectivity index is 1.72. The van der Waals surface area contributed by atoms with Crippen LogP contribution >= 0.6 is 0 Å². The van der Waals surface area contributed by atoms with Crippen LogP contribution in [-0.2, 0) is 12.0 Å². The molecular formula is C24H23FN4O. The number of nitrogens with one attached hydrogen (secondary N) is 1. The standard InChI is InChI=1S/C24H23FN4O/c1-24(2,3)18-11-9-16(10-12-18)22-19(29-21(27-22)14-13-20(25)28-29)15-26-23(30)17-7-5-4-6-8-17/h4-14H,15H2,1-3H3,(H,26,30)/i25-1. The second kappa shape index (κ2) is 7.71. The molecule has 5 nitrogen and oxygen atoms in total. The minimum Gasteiger partial charge on any atom is -0.346 e. The quantitative estimate of drug-likeness (QED) is 0.536. The first kappa shape index (κ1) is 19.8. The second-order valence-electron chi connectivity index (χ2n) is 8.21. The van der Waals surface area contributed by atoms with Gasteiger partial charge >= 0.3 is 0 Å². The Morgan fingerprint density at radius 1 is 1.00 bits per heavy atom. The first-order chi connectivity index (χ1) is 14.3. The molecule has 0 atom stereocenters. The SMILES string of the molecule is CC(C)(C)c1ccc(-c2nc3ccc([18F])nn3c2CNC(=O)c2ccccc2)cc1. The minimum atomic E-state index is -0.606. The van der Waals surface area contributed by atoms with Crippen LogP contribution in [0.25, 0.3) is 16.9 Å². The third kappa shape index (κ3) is 3.94. The first-order valence-electron chi connectivity index (χ1n) is 9.81. The van der Waals surface area contributed by atoms with Gasteiger partial charge in [0.05, 0.1) is 17.9 Å². The average Bonchev–Trinajstić information content (AvgIpc) is 3.09. The van der Waals surface area contributed by atoms with Crippen LogP contribution in [-0.4, -0.2) is 20.5 Å². The number of benzene rings is 2. The van der Waals surface area contributed by atoms with Crippen molar-refractivity contribution in [2.45, 2.75) is 32.7 Å². The van der Waals surface area contributed by atoms with E-state index in [0.29, 0.717) is 22.6 Å². The fourth-order valence-electron chi connectivity index (χ4n) is 3.33. The Morgan fingerprint density at radius 2 is 1.70 bits per heavy atom. The van der Waals surface area contributed by atoms with Gasteiger partial charge in [0.15, 0.2) is 5.65 Å². The molecule has 0 unspecified atom stereocenters. The highest BCUT2D eigenvalue weighted by Gasteiger charge is 2.18. The molecule has 0 fully saturated rings. The summed E-state index contributed by atoms with van der Waals surface area (Å²) in [6.07, 6.45) is 0. The largest absolute Gasteiger partial charge is 0.346 e. The van der Waals surface area contributed by atoms with Crippen LogP contribution < -0.4 is 5.32 Å². The van der Waals surface area contributed by atoms with E-state index < -0.39 is 5.95 Å². The summed E-state index contributed by atoms with van der Waals surface area (Å²) in [5.74, 6) is -0.818. The predicted octanol–water partition coefficient (Wildman–Crippen LogP) is 4.76. The number of amides is 1. The van der Waals surface area contributed by atoms with Gasteiger partial charge < -0.3 is 5.32 Å². The van der Waals surface area contributed by atoms with Crippen LogP contribution in [0.5, 0.6) is 0 Å². The number of imidazole rings is 1. The lowest BCUT2D eigenvalue weighted by Gasteiger charge is -2.19. The molecule has 0 spiro atoms. The molecule has 0 aliphatic heterocycles. The van der Waals surface area contributed by atoms with Crippen molar-refractivity contribution in [3.63, 3.8) is 0 Å². The summed E-state index contributed by atoms with van der Waals surface area (Å²) in [5.41, 5.74) is 4.50. The van der Waals surface area contributed by atoms with Gasteiger partial charge in [-0.25, -0.2) is 9.50 Å². The summed E-state index contributed by atoms with van der Waals surface area (Å²) in [7, 11) is 0. The minimum absolute atomic E-state index is 0.0363. The average molecular weight is 401 g/mol. The van der Waals surface area contributed by atoms with Gasteiger partial charge in [0, 0.05) is 11.1 Å². The molecule has 2 aromatic heterocycles. The fraction of sp³-hybridized carbons (Fsp3) is 0.208. The summed E-state index contributed by atoms with van der Waals surface area (Å²) in [6, 6.07) is 20.0. The molecule has 6 heteroatoms. The Kier molecular flexibility index (Phi) is 5.08. The molecule has 2 heterocycles. The number of carbonyl (C=O) groups is 1. The first-order valence-corrected chi connectivity index (χ1v) is 9.81. The molecular weight excluding hydrogens is 378 g/mol. The Labute approximate surface area is 174 Å². The number of hydrogen-bond donors (Lipinski definition) is 1. The van der Waals surface area contributed by atoms with Crippen molar-refractivity contribution in [2.75, 3.05) is 0 Å². The van der Waals surface area contributed by atoms with E-state index in [1.807, 2.05) is 30.3 Å². The van der Waals surface area contributed by atoms with Crippen molar-refractivity contribution in [3.05, 3.63) is 89.5 Å². The molecule has 1 amide bonds. The number of nitrogens with zero attached hydrogens (tertiary/aromatic N) is 3. The van der Waals surface area contributed by atoms with E-state index in [1.54, 1.807) is 18.2 Å². The Bertz CT molecular complexity index is 1190. The van der Waals surface area contributed by atoms with E-state index in [1.165, 1.54) is 16.1 Å². The van der Waals surface area contributed by atoms with E-state index in [0.717, 1.165) is 5.56 Å². The van der Waals surface area contributed by atoms with Gasteiger partial charge in [-0.05, 0) is 35.2 Å². The van der Waals surface area contributed by atoms with E-state index >= 15 is 0 Å². The summed E-state index contributed by atoms with van der Waals surface area (Å²) in [6.45, 7) is 6.64. The molecule has 30 heavy (non-hydrogen) atoms. The summed E-state index contributed by atoms with van der Waals surface area (Å²) < 4.78 is 15.3. The zero-order chi connectivity index (χ0) is 21.3. The molecule has 2 aromatic carbocycles. The molecule has 0 bridgehead atoms. The van der Waals surface area contributed by atoms with Crippen LogP contribution in [0.1, 0.15) is 42.4 Å². The van der Waals surface area contributed by atoms with Crippen molar-refractivity contribution in [1.82, 2.24) is 19.9 Å². The molecule has 0 aliphatic carbocycles. The molecule has 1 N–H and O–H groups in total. The van der Waals surface area contributed by atoms with E-state index in [2.05, 4.69) is 48.3 Å². The summed E-state index contributed by atoms with van der Waals surface area (Å²) in [4.78, 5) is 17.2. The van der Waals surface area contributed by atoms with Gasteiger partial charge in [0.1, 0.15) is 0 Å². The van der Waals surface area contributed by atoms with Crippen LogP contribution in [0.2, 0.25) is 0 Å². The zero-order valence-corrected chi connectivity index (χ0v) is 17.2. The maximum atomic E-state index is 13.8. The van der Waals surface area contributed by atoms with Crippen molar-refractivity contribution in [1.29, 1.82) is 0 Å². The van der Waals surface area contributed by atoms with Crippen molar-refractivity contribution in [2.24, 2.45) is 0 Å². The van der Waals surface area contributed by atoms with Gasteiger partial charge in [-0.3, -0.25) is 4.79 Å². The monoisotopic (exact) mass is 401 g/mol. The van der Waals surface area contributed by atoms with Gasteiger partial charge in [-0.15, -0.1) is 5.10 Å². The van der Waals surface area contributed by atoms with Crippen molar-refractivity contribution < 1.29 is 9.18 Å². The lowest BCUT2D eigenvalue weighted by Crippen LogP contribution is -2.24. The van der Waals surface area contributed by atoms with E-state index in [9.17, 15) is 9.18 Å². The molecule has 152 valence electrons. The van der Waals surface area contributed by atoms with Crippen LogP contribution in [0.4, 0.5) is 4.39 Å². The molecule has 0 saturated heterocycles. The maximum Gasteiger partial charge on any atom is 0.251 e. The van der Waals surface area contributed by atoms with Gasteiger partial charge in [-0.1, -0.05) is 63.2 Å². The third-order valence-corrected chi connectivity index (χ3v) is 5.01. The Morgan fingerprint density at radius 3 is 2.37 bits per heavy atom. The zero-order valence-electron chi connectivity index (χ0n) is 17.2. The van der Waals surface area contributed by atoms with E-state index in [-0.39, 0.29) is 17.9 Å². The summed E-state index contributed by atoms with van der Waals surface area (Å²) in [5, 5.41) is 6.86. The number of fused-ring (bicyclic) bond motifs is 1. The maximum absolute atomic E-state index is 13.8. The third-order valence-electron chi connectivity index (χ3n) is 5.01. The van der Waals surface area contributed by atoms with Crippen LogP contribution in [0.15, 0.2) is 66.7 Å². The Hall–Kier alpha value is -3.54. The highest BCUT2D eigenvalue weighted by atomic mass is 18.2. The highest BCUT2D eigenvalue weighted by molar-refractivity contribution is 5.94. The number of aromatic nitrogens is 3. The van der Waals surface area contributed by atoms with Gasteiger partial charge in [0.25, 0.3) is 5.91 Å². The second-order valence-corrected chi connectivity index (χ2v) is 8.21. The highest BCUT2D eigenvalue weighted by Crippen LogP contribution is 2.28. The fourth-order valence-corrected chi connectivity index (χ4v) is 3.33. The predicted molar refractivity (Wildman–Crippen MR) is 115 cm³/mol. The molecule has 0 saturated carbocycles. The number of hydrogen-bond acceptors (Lipinski definition) is 3. The number of rotatable bonds is 4. The van der Waals surface area contributed by atoms with Gasteiger partial charge in [-0.2, -0.15) is 4.39 Å².